The predicted octanol–water partition coefficient (Wildman–Crippen LogP) is 1.65. The van der Waals surface area contributed by atoms with Crippen LogP contribution in [0.3, 0.4) is 0 Å². The van der Waals surface area contributed by atoms with Gasteiger partial charge in [0.25, 0.3) is 0 Å². The lowest BCUT2D eigenvalue weighted by Crippen LogP contribution is -2.49. The van der Waals surface area contributed by atoms with E-state index in [2.05, 4.69) is 10.3 Å². The molecule has 1 aromatic heterocycles. The maximum Gasteiger partial charge on any atom is 0.339 e. The van der Waals surface area contributed by atoms with Crippen LogP contribution in [0.15, 0.2) is 18.3 Å². The minimum Gasteiger partial charge on any atom is -0.292 e. The average molecular weight is 335 g/mol. The van der Waals surface area contributed by atoms with Crippen molar-refractivity contribution in [1.29, 1.82) is 0 Å². The van der Waals surface area contributed by atoms with Gasteiger partial charge in [0.2, 0.25) is 10.0 Å². The summed E-state index contributed by atoms with van der Waals surface area (Å²) in [7, 11) is -3.78. The minimum atomic E-state index is -3.78. The summed E-state index contributed by atoms with van der Waals surface area (Å²) in [5.74, 6) is 0.167. The third-order valence-electron chi connectivity index (χ3n) is 2.22. The quantitative estimate of drug-likeness (QED) is 0.873. The number of sulfonamides is 1. The smallest absolute Gasteiger partial charge is 0.292 e. The van der Waals surface area contributed by atoms with Crippen LogP contribution >= 0.6 is 11.6 Å². The second-order valence-electron chi connectivity index (χ2n) is 4.40. The van der Waals surface area contributed by atoms with Crippen LogP contribution in [-0.4, -0.2) is 42.1 Å². The van der Waals surface area contributed by atoms with Crippen LogP contribution in [0.1, 0.15) is 13.8 Å². The Morgan fingerprint density at radius 2 is 1.95 bits per heavy atom. The van der Waals surface area contributed by atoms with Crippen LogP contribution < -0.4 is 10.6 Å². The SMILES string of the molecule is CC(C)N(C(=O)NC(=O)Nc1ccc(Cl)cn1)S(C)(=O)=O. The normalized spacial score (nSPS) is 11.1. The van der Waals surface area contributed by atoms with Gasteiger partial charge in [-0.15, -0.1) is 0 Å². The van der Waals surface area contributed by atoms with Gasteiger partial charge in [0.15, 0.2) is 0 Å². The Balaban J connectivity index is 2.73. The molecule has 0 spiro atoms. The van der Waals surface area contributed by atoms with Gasteiger partial charge in [-0.1, -0.05) is 11.6 Å². The molecule has 1 heterocycles. The van der Waals surface area contributed by atoms with Crippen molar-refractivity contribution in [3.8, 4) is 0 Å². The van der Waals surface area contributed by atoms with Crippen molar-refractivity contribution < 1.29 is 18.0 Å². The number of pyridine rings is 1. The molecule has 4 amide bonds. The number of imide groups is 1. The van der Waals surface area contributed by atoms with Gasteiger partial charge in [-0.2, -0.15) is 0 Å². The van der Waals surface area contributed by atoms with Gasteiger partial charge in [-0.25, -0.2) is 27.3 Å². The van der Waals surface area contributed by atoms with E-state index < -0.39 is 28.1 Å². The third kappa shape index (κ3) is 5.20. The van der Waals surface area contributed by atoms with Crippen LogP contribution in [0, 0.1) is 0 Å². The number of hydrogen-bond donors (Lipinski definition) is 2. The zero-order valence-electron chi connectivity index (χ0n) is 11.6. The molecule has 0 aliphatic rings. The largest absolute Gasteiger partial charge is 0.339 e. The van der Waals surface area contributed by atoms with E-state index in [1.807, 2.05) is 5.32 Å². The van der Waals surface area contributed by atoms with Gasteiger partial charge in [-0.3, -0.25) is 10.6 Å². The molecule has 0 aliphatic heterocycles. The first-order valence-electron chi connectivity index (χ1n) is 5.84. The summed E-state index contributed by atoms with van der Waals surface area (Å²) in [4.78, 5) is 27.3. The van der Waals surface area contributed by atoms with Crippen molar-refractivity contribution in [3.05, 3.63) is 23.4 Å². The van der Waals surface area contributed by atoms with Crippen molar-refractivity contribution in [2.75, 3.05) is 11.6 Å². The number of aromatic nitrogens is 1. The zero-order valence-corrected chi connectivity index (χ0v) is 13.2. The summed E-state index contributed by atoms with van der Waals surface area (Å²) in [6, 6.07) is 0.371. The molecular formula is C11H15ClN4O4S. The molecule has 0 aliphatic carbocycles. The fourth-order valence-electron chi connectivity index (χ4n) is 1.52. The summed E-state index contributed by atoms with van der Waals surface area (Å²) >= 11 is 5.64. The molecule has 0 atom stereocenters. The Hall–Kier alpha value is -1.87. The average Bonchev–Trinajstić information content (AvgIpc) is 2.29. The molecule has 10 heteroatoms. The molecule has 1 aromatic rings. The molecule has 2 N–H and O–H groups in total. The standard InChI is InChI=1S/C11H15ClN4O4S/c1-7(2)16(21(3,19)20)11(18)15-10(17)14-9-5-4-8(12)6-13-9/h4-7H,1-3H3,(H2,13,14,15,17,18). The van der Waals surface area contributed by atoms with Crippen LogP contribution in [0.2, 0.25) is 5.02 Å². The number of rotatable bonds is 3. The number of carbonyl (C=O) groups excluding carboxylic acids is 2. The third-order valence-corrected chi connectivity index (χ3v) is 3.74. The van der Waals surface area contributed by atoms with Gasteiger partial charge in [0, 0.05) is 12.2 Å². The Labute approximate surface area is 127 Å². The second-order valence-corrected chi connectivity index (χ2v) is 6.69. The molecular weight excluding hydrogens is 320 g/mol. The topological polar surface area (TPSA) is 108 Å². The van der Waals surface area contributed by atoms with E-state index in [1.165, 1.54) is 32.2 Å². The molecule has 0 aromatic carbocycles. The molecule has 0 saturated heterocycles. The monoisotopic (exact) mass is 334 g/mol. The number of carbonyl (C=O) groups is 2. The van der Waals surface area contributed by atoms with Gasteiger partial charge in [0.05, 0.1) is 11.3 Å². The first-order chi connectivity index (χ1) is 9.61. The van der Waals surface area contributed by atoms with Crippen LogP contribution in [0.5, 0.6) is 0 Å². The molecule has 0 radical (unpaired) electrons. The van der Waals surface area contributed by atoms with E-state index in [-0.39, 0.29) is 5.82 Å². The summed E-state index contributed by atoms with van der Waals surface area (Å²) in [6.07, 6.45) is 2.20. The number of hydrogen-bond acceptors (Lipinski definition) is 5. The fourth-order valence-corrected chi connectivity index (χ4v) is 2.74. The summed E-state index contributed by atoms with van der Waals surface area (Å²) in [5, 5.41) is 4.59. The second kappa shape index (κ2) is 6.72. The van der Waals surface area contributed by atoms with E-state index in [0.29, 0.717) is 9.33 Å². The van der Waals surface area contributed by atoms with Crippen LogP contribution in [0.25, 0.3) is 0 Å². The van der Waals surface area contributed by atoms with Crippen LogP contribution in [-0.2, 0) is 10.0 Å². The maximum absolute atomic E-state index is 11.8. The highest BCUT2D eigenvalue weighted by Crippen LogP contribution is 2.09. The van der Waals surface area contributed by atoms with Crippen molar-refractivity contribution in [3.63, 3.8) is 0 Å². The lowest BCUT2D eigenvalue weighted by atomic mass is 10.4. The Morgan fingerprint density at radius 1 is 1.33 bits per heavy atom. The van der Waals surface area contributed by atoms with Gasteiger partial charge in [-0.05, 0) is 26.0 Å². The summed E-state index contributed by atoms with van der Waals surface area (Å²) < 4.78 is 23.6. The number of amides is 4. The number of halogens is 1. The molecule has 1 rings (SSSR count). The van der Waals surface area contributed by atoms with Gasteiger partial charge in [0.1, 0.15) is 5.82 Å². The van der Waals surface area contributed by atoms with E-state index in [9.17, 15) is 18.0 Å². The Morgan fingerprint density at radius 3 is 2.38 bits per heavy atom. The molecule has 0 bridgehead atoms. The lowest BCUT2D eigenvalue weighted by Gasteiger charge is -2.23. The van der Waals surface area contributed by atoms with E-state index in [4.69, 9.17) is 11.6 Å². The van der Waals surface area contributed by atoms with Crippen LogP contribution in [0.4, 0.5) is 15.4 Å². The van der Waals surface area contributed by atoms with Crippen molar-refractivity contribution >= 4 is 39.5 Å². The zero-order chi connectivity index (χ0) is 16.2. The van der Waals surface area contributed by atoms with Gasteiger partial charge >= 0.3 is 12.1 Å². The molecule has 116 valence electrons. The molecule has 0 fully saturated rings. The fraction of sp³-hybridized carbons (Fsp3) is 0.364. The van der Waals surface area contributed by atoms with E-state index >= 15 is 0 Å². The highest BCUT2D eigenvalue weighted by atomic mass is 35.5. The number of nitrogens with one attached hydrogen (secondary N) is 2. The molecule has 21 heavy (non-hydrogen) atoms. The van der Waals surface area contributed by atoms with E-state index in [0.717, 1.165) is 6.26 Å². The lowest BCUT2D eigenvalue weighted by molar-refractivity contribution is 0.213. The molecule has 0 saturated carbocycles. The van der Waals surface area contributed by atoms with Crippen molar-refractivity contribution in [2.24, 2.45) is 0 Å². The summed E-state index contributed by atoms with van der Waals surface area (Å²) in [6.45, 7) is 3.03. The first kappa shape index (κ1) is 17.2. The van der Waals surface area contributed by atoms with Crippen molar-refractivity contribution in [1.82, 2.24) is 14.6 Å². The molecule has 8 nitrogen and oxygen atoms in total. The number of urea groups is 2. The first-order valence-corrected chi connectivity index (χ1v) is 8.07. The van der Waals surface area contributed by atoms with Gasteiger partial charge < -0.3 is 0 Å². The predicted molar refractivity (Wildman–Crippen MR) is 78.6 cm³/mol. The highest BCUT2D eigenvalue weighted by Gasteiger charge is 2.27. The van der Waals surface area contributed by atoms with Crippen molar-refractivity contribution in [2.45, 2.75) is 19.9 Å². The number of nitrogens with zero attached hydrogens (tertiary/aromatic N) is 2. The Kier molecular flexibility index (Phi) is 5.50. The maximum atomic E-state index is 11.8. The molecule has 0 unspecified atom stereocenters. The van der Waals surface area contributed by atoms with E-state index in [1.54, 1.807) is 0 Å². The summed E-state index contributed by atoms with van der Waals surface area (Å²) in [5.41, 5.74) is 0. The number of anilines is 1. The Bertz CT molecular complexity index is 630. The minimum absolute atomic E-state index is 0.167. The highest BCUT2D eigenvalue weighted by molar-refractivity contribution is 7.88.